The molecule has 1 atom stereocenters. The van der Waals surface area contributed by atoms with Crippen molar-refractivity contribution in [2.45, 2.75) is 38.6 Å². The summed E-state index contributed by atoms with van der Waals surface area (Å²) >= 11 is 0. The van der Waals surface area contributed by atoms with E-state index < -0.39 is 0 Å². The third-order valence-corrected chi connectivity index (χ3v) is 4.47. The third-order valence-electron chi connectivity index (χ3n) is 4.47. The number of rotatable bonds is 8. The lowest BCUT2D eigenvalue weighted by atomic mass is 9.97. The first kappa shape index (κ1) is 17.1. The Hall–Kier alpha value is -1.26. The minimum Gasteiger partial charge on any atom is -0.493 e. The van der Waals surface area contributed by atoms with Gasteiger partial charge in [-0.1, -0.05) is 32.3 Å². The van der Waals surface area contributed by atoms with E-state index in [1.54, 1.807) is 14.2 Å². The maximum atomic E-state index is 5.48. The topological polar surface area (TPSA) is 33.7 Å². The average molecular weight is 306 g/mol. The zero-order valence-corrected chi connectivity index (χ0v) is 14.2. The van der Waals surface area contributed by atoms with E-state index in [-0.39, 0.29) is 0 Å². The van der Waals surface area contributed by atoms with Crippen molar-refractivity contribution in [3.63, 3.8) is 0 Å². The molecule has 1 aliphatic heterocycles. The monoisotopic (exact) mass is 306 g/mol. The van der Waals surface area contributed by atoms with Crippen LogP contribution in [0, 0.1) is 0 Å². The fraction of sp³-hybridized carbons (Fsp3) is 0.667. The van der Waals surface area contributed by atoms with Crippen LogP contribution in [-0.2, 0) is 0 Å². The standard InChI is InChI=1S/C18H30N2O2/c1-4-5-6-7-16(20-12-10-19-11-13-20)15-8-9-17(21-2)18(14-15)22-3/h8-9,14,16,19H,4-7,10-13H2,1-3H3/t16-/m1/s1. The number of piperazine rings is 1. The SMILES string of the molecule is CCCCC[C@H](c1ccc(OC)c(OC)c1)N1CCNCC1. The van der Waals surface area contributed by atoms with Crippen molar-refractivity contribution in [2.24, 2.45) is 0 Å². The van der Waals surface area contributed by atoms with Crippen molar-refractivity contribution in [2.75, 3.05) is 40.4 Å². The summed E-state index contributed by atoms with van der Waals surface area (Å²) < 4.78 is 10.9. The number of benzene rings is 1. The average Bonchev–Trinajstić information content (AvgIpc) is 2.59. The van der Waals surface area contributed by atoms with Gasteiger partial charge in [0.1, 0.15) is 0 Å². The Morgan fingerprint density at radius 3 is 2.45 bits per heavy atom. The second-order valence-corrected chi connectivity index (χ2v) is 5.91. The van der Waals surface area contributed by atoms with E-state index in [9.17, 15) is 0 Å². The fourth-order valence-corrected chi connectivity index (χ4v) is 3.20. The number of hydrogen-bond donors (Lipinski definition) is 1. The van der Waals surface area contributed by atoms with Gasteiger partial charge in [0.2, 0.25) is 0 Å². The molecule has 1 heterocycles. The van der Waals surface area contributed by atoms with Crippen molar-refractivity contribution in [1.82, 2.24) is 10.2 Å². The molecule has 1 saturated heterocycles. The van der Waals surface area contributed by atoms with Crippen molar-refractivity contribution >= 4 is 0 Å². The molecule has 2 rings (SSSR count). The molecular weight excluding hydrogens is 276 g/mol. The zero-order chi connectivity index (χ0) is 15.8. The van der Waals surface area contributed by atoms with Gasteiger partial charge in [0.05, 0.1) is 14.2 Å². The Morgan fingerprint density at radius 2 is 1.82 bits per heavy atom. The Bertz CT molecular complexity index is 445. The lowest BCUT2D eigenvalue weighted by molar-refractivity contribution is 0.162. The van der Waals surface area contributed by atoms with E-state index >= 15 is 0 Å². The van der Waals surface area contributed by atoms with Gasteiger partial charge in [0.25, 0.3) is 0 Å². The molecule has 0 radical (unpaired) electrons. The quantitative estimate of drug-likeness (QED) is 0.748. The smallest absolute Gasteiger partial charge is 0.161 e. The van der Waals surface area contributed by atoms with E-state index in [0.717, 1.165) is 37.7 Å². The highest BCUT2D eigenvalue weighted by molar-refractivity contribution is 5.43. The lowest BCUT2D eigenvalue weighted by Gasteiger charge is -2.35. The summed E-state index contributed by atoms with van der Waals surface area (Å²) in [5.41, 5.74) is 1.34. The summed E-state index contributed by atoms with van der Waals surface area (Å²) in [6.45, 7) is 6.65. The highest BCUT2D eigenvalue weighted by Gasteiger charge is 2.22. The molecule has 1 N–H and O–H groups in total. The maximum Gasteiger partial charge on any atom is 0.161 e. The van der Waals surface area contributed by atoms with E-state index in [2.05, 4.69) is 29.3 Å². The summed E-state index contributed by atoms with van der Waals surface area (Å²) in [5, 5.41) is 3.44. The maximum absolute atomic E-state index is 5.48. The molecule has 0 saturated carbocycles. The van der Waals surface area contributed by atoms with Crippen molar-refractivity contribution in [3.05, 3.63) is 23.8 Å². The van der Waals surface area contributed by atoms with E-state index in [4.69, 9.17) is 9.47 Å². The molecular formula is C18H30N2O2. The van der Waals surface area contributed by atoms with Gasteiger partial charge in [0.15, 0.2) is 11.5 Å². The van der Waals surface area contributed by atoms with Crippen LogP contribution in [0.1, 0.15) is 44.2 Å². The second kappa shape index (κ2) is 9.01. The predicted molar refractivity (Wildman–Crippen MR) is 90.9 cm³/mol. The number of ether oxygens (including phenoxy) is 2. The summed E-state index contributed by atoms with van der Waals surface area (Å²) in [5.74, 6) is 1.63. The van der Waals surface area contributed by atoms with Gasteiger partial charge in [-0.25, -0.2) is 0 Å². The number of nitrogens with one attached hydrogen (secondary N) is 1. The highest BCUT2D eigenvalue weighted by Crippen LogP contribution is 2.34. The van der Waals surface area contributed by atoms with Crippen LogP contribution in [-0.4, -0.2) is 45.3 Å². The van der Waals surface area contributed by atoms with E-state index in [1.165, 1.54) is 31.2 Å². The molecule has 22 heavy (non-hydrogen) atoms. The zero-order valence-electron chi connectivity index (χ0n) is 14.2. The van der Waals surface area contributed by atoms with Gasteiger partial charge < -0.3 is 14.8 Å². The number of nitrogens with zero attached hydrogens (tertiary/aromatic N) is 1. The number of methoxy groups -OCH3 is 2. The van der Waals surface area contributed by atoms with Crippen LogP contribution >= 0.6 is 0 Å². The first-order valence-electron chi connectivity index (χ1n) is 8.46. The van der Waals surface area contributed by atoms with Gasteiger partial charge in [-0.2, -0.15) is 0 Å². The molecule has 0 aliphatic carbocycles. The van der Waals surface area contributed by atoms with E-state index in [0.29, 0.717) is 6.04 Å². The molecule has 0 bridgehead atoms. The summed E-state index contributed by atoms with van der Waals surface area (Å²) in [7, 11) is 3.39. The van der Waals surface area contributed by atoms with Crippen LogP contribution in [0.2, 0.25) is 0 Å². The van der Waals surface area contributed by atoms with Crippen LogP contribution in [0.5, 0.6) is 11.5 Å². The van der Waals surface area contributed by atoms with Crippen LogP contribution in [0.25, 0.3) is 0 Å². The Labute approximate surface area is 134 Å². The lowest BCUT2D eigenvalue weighted by Crippen LogP contribution is -2.45. The minimum absolute atomic E-state index is 0.480. The summed E-state index contributed by atoms with van der Waals surface area (Å²) in [4.78, 5) is 2.60. The normalized spacial score (nSPS) is 17.2. The second-order valence-electron chi connectivity index (χ2n) is 5.91. The van der Waals surface area contributed by atoms with Crippen LogP contribution < -0.4 is 14.8 Å². The Balaban J connectivity index is 2.18. The molecule has 0 unspecified atom stereocenters. The van der Waals surface area contributed by atoms with Crippen molar-refractivity contribution < 1.29 is 9.47 Å². The molecule has 0 spiro atoms. The van der Waals surface area contributed by atoms with Crippen molar-refractivity contribution in [3.8, 4) is 11.5 Å². The molecule has 1 aromatic rings. The van der Waals surface area contributed by atoms with Gasteiger partial charge in [0, 0.05) is 32.2 Å². The van der Waals surface area contributed by atoms with Crippen LogP contribution in [0.15, 0.2) is 18.2 Å². The molecule has 124 valence electrons. The predicted octanol–water partition coefficient (Wildman–Crippen LogP) is 3.23. The van der Waals surface area contributed by atoms with Crippen molar-refractivity contribution in [1.29, 1.82) is 0 Å². The Kier molecular flexibility index (Phi) is 7.00. The molecule has 1 aliphatic rings. The Morgan fingerprint density at radius 1 is 1.09 bits per heavy atom. The largest absolute Gasteiger partial charge is 0.493 e. The molecule has 0 amide bonds. The molecule has 1 aromatic carbocycles. The molecule has 0 aromatic heterocycles. The van der Waals surface area contributed by atoms with E-state index in [1.807, 2.05) is 6.07 Å². The minimum atomic E-state index is 0.480. The van der Waals surface area contributed by atoms with Crippen LogP contribution in [0.4, 0.5) is 0 Å². The first-order valence-corrected chi connectivity index (χ1v) is 8.46. The summed E-state index contributed by atoms with van der Waals surface area (Å²) in [6, 6.07) is 6.86. The molecule has 4 nitrogen and oxygen atoms in total. The third kappa shape index (κ3) is 4.37. The number of hydrogen-bond acceptors (Lipinski definition) is 4. The van der Waals surface area contributed by atoms with Gasteiger partial charge in [-0.15, -0.1) is 0 Å². The van der Waals surface area contributed by atoms with Crippen LogP contribution in [0.3, 0.4) is 0 Å². The first-order chi connectivity index (χ1) is 10.8. The van der Waals surface area contributed by atoms with Gasteiger partial charge in [-0.3, -0.25) is 4.90 Å². The molecule has 1 fully saturated rings. The fourth-order valence-electron chi connectivity index (χ4n) is 3.20. The number of unbranched alkanes of at least 4 members (excludes halogenated alkanes) is 2. The van der Waals surface area contributed by atoms with Gasteiger partial charge >= 0.3 is 0 Å². The summed E-state index contributed by atoms with van der Waals surface area (Å²) in [6.07, 6.45) is 5.05. The molecule has 4 heteroatoms. The van der Waals surface area contributed by atoms with Gasteiger partial charge in [-0.05, 0) is 24.1 Å². The highest BCUT2D eigenvalue weighted by atomic mass is 16.5.